The zero-order valence-corrected chi connectivity index (χ0v) is 15.6. The van der Waals surface area contributed by atoms with Crippen molar-refractivity contribution in [1.82, 2.24) is 10.2 Å². The molecule has 0 aliphatic carbocycles. The molecular weight excluding hydrogens is 354 g/mol. The predicted octanol–water partition coefficient (Wildman–Crippen LogP) is 1.13. The zero-order chi connectivity index (χ0) is 19.6. The third kappa shape index (κ3) is 6.45. The van der Waals surface area contributed by atoms with Gasteiger partial charge in [-0.2, -0.15) is 0 Å². The minimum absolute atomic E-state index is 0.0391. The van der Waals surface area contributed by atoms with Crippen LogP contribution >= 0.6 is 0 Å². The molecule has 1 aromatic rings. The maximum Gasteiger partial charge on any atom is 0.317 e. The Morgan fingerprint density at radius 3 is 2.85 bits per heavy atom. The Balaban J connectivity index is 1.96. The molecule has 0 radical (unpaired) electrons. The highest BCUT2D eigenvalue weighted by atomic mass is 16.5. The van der Waals surface area contributed by atoms with Gasteiger partial charge in [-0.3, -0.25) is 9.59 Å². The van der Waals surface area contributed by atoms with E-state index in [2.05, 4.69) is 10.6 Å². The van der Waals surface area contributed by atoms with Crippen LogP contribution < -0.4 is 15.4 Å². The first-order valence-corrected chi connectivity index (χ1v) is 8.76. The van der Waals surface area contributed by atoms with Crippen LogP contribution in [0.5, 0.6) is 5.75 Å². The molecule has 1 heterocycles. The van der Waals surface area contributed by atoms with E-state index in [4.69, 9.17) is 14.2 Å². The van der Waals surface area contributed by atoms with E-state index in [0.29, 0.717) is 37.7 Å². The summed E-state index contributed by atoms with van der Waals surface area (Å²) in [5.74, 6) is 0.0564. The number of hydrogen-bond donors (Lipinski definition) is 2. The third-order valence-corrected chi connectivity index (χ3v) is 3.80. The van der Waals surface area contributed by atoms with Gasteiger partial charge in [0.15, 0.2) is 0 Å². The number of rotatable bonds is 7. The summed E-state index contributed by atoms with van der Waals surface area (Å²) in [6.07, 6.45) is 0.121. The lowest BCUT2D eigenvalue weighted by Crippen LogP contribution is -2.41. The van der Waals surface area contributed by atoms with Crippen LogP contribution in [-0.4, -0.2) is 62.8 Å². The van der Waals surface area contributed by atoms with Gasteiger partial charge in [-0.15, -0.1) is 0 Å². The van der Waals surface area contributed by atoms with Crippen LogP contribution in [0.25, 0.3) is 0 Å². The number of urea groups is 1. The van der Waals surface area contributed by atoms with Crippen molar-refractivity contribution in [2.24, 2.45) is 0 Å². The van der Waals surface area contributed by atoms with Crippen molar-refractivity contribution in [1.29, 1.82) is 0 Å². The first kappa shape index (κ1) is 20.5. The normalized spacial score (nSPS) is 13.0. The number of fused-ring (bicyclic) bond motifs is 1. The van der Waals surface area contributed by atoms with Crippen LogP contribution in [-0.2, 0) is 25.6 Å². The zero-order valence-electron chi connectivity index (χ0n) is 15.6. The molecule has 2 rings (SSSR count). The molecule has 9 nitrogen and oxygen atoms in total. The number of benzene rings is 1. The number of esters is 1. The quantitative estimate of drug-likeness (QED) is 0.688. The molecule has 0 atom stereocenters. The Labute approximate surface area is 157 Å². The summed E-state index contributed by atoms with van der Waals surface area (Å²) in [7, 11) is 1.45. The number of carbonyl (C=O) groups is 3. The second-order valence-electron chi connectivity index (χ2n) is 5.86. The molecule has 1 aromatic carbocycles. The van der Waals surface area contributed by atoms with Crippen LogP contribution in [0.4, 0.5) is 10.5 Å². The Hall–Kier alpha value is -2.81. The fourth-order valence-electron chi connectivity index (χ4n) is 2.59. The number of carbonyl (C=O) groups excluding carboxylic acids is 3. The van der Waals surface area contributed by atoms with Crippen molar-refractivity contribution in [2.45, 2.75) is 19.9 Å². The number of amides is 3. The van der Waals surface area contributed by atoms with E-state index in [1.807, 2.05) is 0 Å². The molecule has 0 aromatic heterocycles. The van der Waals surface area contributed by atoms with E-state index in [1.165, 1.54) is 7.11 Å². The summed E-state index contributed by atoms with van der Waals surface area (Å²) in [5.41, 5.74) is 1.38. The van der Waals surface area contributed by atoms with E-state index < -0.39 is 0 Å². The summed E-state index contributed by atoms with van der Waals surface area (Å²) in [6.45, 7) is 3.30. The van der Waals surface area contributed by atoms with E-state index in [-0.39, 0.29) is 37.5 Å². The third-order valence-electron chi connectivity index (χ3n) is 3.80. The van der Waals surface area contributed by atoms with Gasteiger partial charge in [-0.05, 0) is 25.1 Å². The minimum atomic E-state index is -0.348. The Kier molecular flexibility index (Phi) is 7.87. The SMILES string of the molecule is CCOC(=O)CCNC(=O)N1CCOc2ccc(NC(=O)COC)cc2C1. The lowest BCUT2D eigenvalue weighted by atomic mass is 10.1. The highest BCUT2D eigenvalue weighted by Gasteiger charge is 2.20. The maximum atomic E-state index is 12.4. The number of methoxy groups -OCH3 is 1. The molecule has 3 amide bonds. The maximum absolute atomic E-state index is 12.4. The highest BCUT2D eigenvalue weighted by molar-refractivity contribution is 5.91. The summed E-state index contributed by atoms with van der Waals surface area (Å²) in [6, 6.07) is 4.98. The molecule has 2 N–H and O–H groups in total. The summed E-state index contributed by atoms with van der Waals surface area (Å²) < 4.78 is 15.3. The number of nitrogens with one attached hydrogen (secondary N) is 2. The average molecular weight is 379 g/mol. The van der Waals surface area contributed by atoms with Gasteiger partial charge in [0.25, 0.3) is 0 Å². The van der Waals surface area contributed by atoms with Crippen molar-refractivity contribution < 1.29 is 28.6 Å². The Morgan fingerprint density at radius 1 is 1.30 bits per heavy atom. The molecule has 148 valence electrons. The van der Waals surface area contributed by atoms with Gasteiger partial charge < -0.3 is 29.7 Å². The molecule has 27 heavy (non-hydrogen) atoms. The van der Waals surface area contributed by atoms with E-state index in [1.54, 1.807) is 30.0 Å². The molecule has 0 spiro atoms. The first-order valence-electron chi connectivity index (χ1n) is 8.76. The lowest BCUT2D eigenvalue weighted by Gasteiger charge is -2.20. The van der Waals surface area contributed by atoms with E-state index >= 15 is 0 Å². The second kappa shape index (κ2) is 10.4. The van der Waals surface area contributed by atoms with Crippen molar-refractivity contribution in [3.05, 3.63) is 23.8 Å². The standard InChI is InChI=1S/C18H25N3O6/c1-3-26-17(23)6-7-19-18(24)21-8-9-27-15-5-4-14(10-13(15)11-21)20-16(22)12-25-2/h4-5,10H,3,6-9,11-12H2,1-2H3,(H,19,24)(H,20,22). The van der Waals surface area contributed by atoms with E-state index in [9.17, 15) is 14.4 Å². The fraction of sp³-hybridized carbons (Fsp3) is 0.500. The molecule has 0 bridgehead atoms. The van der Waals surface area contributed by atoms with E-state index in [0.717, 1.165) is 5.56 Å². The highest BCUT2D eigenvalue weighted by Crippen LogP contribution is 2.26. The molecule has 0 fully saturated rings. The number of ether oxygens (including phenoxy) is 3. The van der Waals surface area contributed by atoms with Crippen molar-refractivity contribution in [3.63, 3.8) is 0 Å². The van der Waals surface area contributed by atoms with Crippen molar-refractivity contribution in [2.75, 3.05) is 45.3 Å². The van der Waals surface area contributed by atoms with Crippen molar-refractivity contribution >= 4 is 23.6 Å². The van der Waals surface area contributed by atoms with Gasteiger partial charge in [0.1, 0.15) is 19.0 Å². The largest absolute Gasteiger partial charge is 0.491 e. The van der Waals surface area contributed by atoms with Crippen molar-refractivity contribution in [3.8, 4) is 5.75 Å². The lowest BCUT2D eigenvalue weighted by molar-refractivity contribution is -0.142. The van der Waals surface area contributed by atoms with Crippen LogP contribution in [0, 0.1) is 0 Å². The average Bonchev–Trinajstić information content (AvgIpc) is 2.84. The van der Waals surface area contributed by atoms with Crippen LogP contribution in [0.1, 0.15) is 18.9 Å². The van der Waals surface area contributed by atoms with Crippen LogP contribution in [0.3, 0.4) is 0 Å². The van der Waals surface area contributed by atoms with Crippen LogP contribution in [0.15, 0.2) is 18.2 Å². The molecule has 9 heteroatoms. The van der Waals surface area contributed by atoms with Crippen LogP contribution in [0.2, 0.25) is 0 Å². The number of anilines is 1. The number of hydrogen-bond acceptors (Lipinski definition) is 6. The Bertz CT molecular complexity index is 679. The van der Waals surface area contributed by atoms with Gasteiger partial charge >= 0.3 is 12.0 Å². The Morgan fingerprint density at radius 2 is 2.11 bits per heavy atom. The minimum Gasteiger partial charge on any atom is -0.491 e. The van der Waals surface area contributed by atoms with Gasteiger partial charge in [0.05, 0.1) is 26.1 Å². The van der Waals surface area contributed by atoms with Gasteiger partial charge in [0.2, 0.25) is 5.91 Å². The number of nitrogens with zero attached hydrogens (tertiary/aromatic N) is 1. The molecule has 0 saturated carbocycles. The van der Waals surface area contributed by atoms with Gasteiger partial charge in [-0.25, -0.2) is 4.79 Å². The molecule has 0 saturated heterocycles. The fourth-order valence-corrected chi connectivity index (χ4v) is 2.59. The second-order valence-corrected chi connectivity index (χ2v) is 5.86. The summed E-state index contributed by atoms with van der Waals surface area (Å²) in [4.78, 5) is 37.0. The topological polar surface area (TPSA) is 106 Å². The molecular formula is C18H25N3O6. The molecule has 1 aliphatic heterocycles. The van der Waals surface area contributed by atoms with Gasteiger partial charge in [-0.1, -0.05) is 0 Å². The first-order chi connectivity index (χ1) is 13.0. The summed E-state index contributed by atoms with van der Waals surface area (Å²) >= 11 is 0. The summed E-state index contributed by atoms with van der Waals surface area (Å²) in [5, 5.41) is 5.43. The molecule has 1 aliphatic rings. The smallest absolute Gasteiger partial charge is 0.317 e. The molecule has 0 unspecified atom stereocenters. The predicted molar refractivity (Wildman–Crippen MR) is 97.5 cm³/mol. The monoisotopic (exact) mass is 379 g/mol. The van der Waals surface area contributed by atoms with Gasteiger partial charge in [0, 0.05) is 24.9 Å².